The number of aryl methyl sites for hydroxylation is 1. The first-order valence-electron chi connectivity index (χ1n) is 11.2. The van der Waals surface area contributed by atoms with Crippen molar-refractivity contribution in [3.8, 4) is 17.4 Å². The van der Waals surface area contributed by atoms with Crippen molar-refractivity contribution in [2.45, 2.75) is 44.5 Å². The average molecular weight is 487 g/mol. The van der Waals surface area contributed by atoms with Gasteiger partial charge in [-0.15, -0.1) is 0 Å². The summed E-state index contributed by atoms with van der Waals surface area (Å²) in [4.78, 5) is 31.6. The van der Waals surface area contributed by atoms with Gasteiger partial charge in [0, 0.05) is 24.5 Å². The van der Waals surface area contributed by atoms with Crippen LogP contribution in [0.15, 0.2) is 42.9 Å². The first kappa shape index (κ1) is 23.1. The Bertz CT molecular complexity index is 1230. The first-order valence-corrected chi connectivity index (χ1v) is 11.2. The zero-order chi connectivity index (χ0) is 24.7. The number of nitrogens with zero attached hydrogens (tertiary/aromatic N) is 5. The lowest BCUT2D eigenvalue weighted by molar-refractivity contribution is -0.137. The second-order valence-corrected chi connectivity index (χ2v) is 8.82. The van der Waals surface area contributed by atoms with Gasteiger partial charge >= 0.3 is 6.18 Å². The summed E-state index contributed by atoms with van der Waals surface area (Å²) in [5, 5.41) is 0. The van der Waals surface area contributed by atoms with Gasteiger partial charge in [-0.05, 0) is 50.3 Å². The van der Waals surface area contributed by atoms with Crippen LogP contribution in [0.2, 0.25) is 0 Å². The lowest BCUT2D eigenvalue weighted by atomic mass is 9.77. The quantitative estimate of drug-likeness (QED) is 0.505. The number of hydrogen-bond donors (Lipinski definition) is 0. The Balaban J connectivity index is 1.40. The van der Waals surface area contributed by atoms with E-state index in [0.717, 1.165) is 31.1 Å². The van der Waals surface area contributed by atoms with Gasteiger partial charge in [-0.3, -0.25) is 4.79 Å². The van der Waals surface area contributed by atoms with E-state index in [-0.39, 0.29) is 35.3 Å². The van der Waals surface area contributed by atoms with Crippen molar-refractivity contribution in [2.24, 2.45) is 5.92 Å². The van der Waals surface area contributed by atoms with Crippen molar-refractivity contribution >= 4 is 5.91 Å². The van der Waals surface area contributed by atoms with Crippen LogP contribution < -0.4 is 4.74 Å². The Morgan fingerprint density at radius 2 is 1.83 bits per heavy atom. The largest absolute Gasteiger partial charge is 0.472 e. The molecule has 0 N–H and O–H groups in total. The minimum absolute atomic E-state index is 0.0837. The summed E-state index contributed by atoms with van der Waals surface area (Å²) in [5.74, 6) is -0.460. The normalized spacial score (nSPS) is 21.7. The monoisotopic (exact) mass is 487 g/mol. The Kier molecular flexibility index (Phi) is 5.86. The fraction of sp³-hybridized carbons (Fsp3) is 0.375. The van der Waals surface area contributed by atoms with E-state index in [0.29, 0.717) is 30.6 Å². The summed E-state index contributed by atoms with van der Waals surface area (Å²) >= 11 is 0. The van der Waals surface area contributed by atoms with Crippen molar-refractivity contribution in [2.75, 3.05) is 6.54 Å². The van der Waals surface area contributed by atoms with Crippen LogP contribution >= 0.6 is 0 Å². The topological polar surface area (TPSA) is 81.1 Å². The molecule has 5 heterocycles. The molecule has 2 aliphatic heterocycles. The maximum atomic E-state index is 13.7. The number of piperidine rings is 2. The average Bonchev–Trinajstić information content (AvgIpc) is 2.84. The summed E-state index contributed by atoms with van der Waals surface area (Å²) < 4.78 is 57.8. The number of ether oxygens (including phenoxy) is 1. The predicted octanol–water partition coefficient (Wildman–Crippen LogP) is 4.47. The van der Waals surface area contributed by atoms with Gasteiger partial charge in [-0.1, -0.05) is 0 Å². The van der Waals surface area contributed by atoms with Gasteiger partial charge in [0.2, 0.25) is 5.88 Å². The number of alkyl halides is 3. The van der Waals surface area contributed by atoms with Crippen LogP contribution in [-0.2, 0) is 6.18 Å². The molecular weight excluding hydrogens is 466 g/mol. The molecule has 2 saturated heterocycles. The first-order chi connectivity index (χ1) is 16.7. The van der Waals surface area contributed by atoms with Gasteiger partial charge in [0.15, 0.2) is 11.6 Å². The Hall–Kier alpha value is -3.63. The van der Waals surface area contributed by atoms with E-state index in [1.54, 1.807) is 24.0 Å². The Morgan fingerprint density at radius 3 is 2.49 bits per heavy atom. The number of rotatable bonds is 4. The van der Waals surface area contributed by atoms with Gasteiger partial charge in [0.1, 0.15) is 11.8 Å². The minimum Gasteiger partial charge on any atom is -0.472 e. The van der Waals surface area contributed by atoms with Gasteiger partial charge in [0.25, 0.3) is 5.91 Å². The van der Waals surface area contributed by atoms with E-state index >= 15 is 0 Å². The van der Waals surface area contributed by atoms with Crippen LogP contribution in [0.25, 0.3) is 11.5 Å². The highest BCUT2D eigenvalue weighted by atomic mass is 19.4. The molecule has 3 atom stereocenters. The molecule has 182 valence electrons. The van der Waals surface area contributed by atoms with E-state index < -0.39 is 23.7 Å². The maximum absolute atomic E-state index is 13.7. The van der Waals surface area contributed by atoms with Crippen molar-refractivity contribution in [1.82, 2.24) is 24.8 Å². The fourth-order valence-corrected chi connectivity index (χ4v) is 4.75. The molecular formula is C24H21F4N5O2. The summed E-state index contributed by atoms with van der Waals surface area (Å²) in [7, 11) is 0. The molecule has 3 fully saturated rings. The highest BCUT2D eigenvalue weighted by Gasteiger charge is 2.45. The van der Waals surface area contributed by atoms with E-state index in [9.17, 15) is 22.4 Å². The third kappa shape index (κ3) is 4.67. The molecule has 3 aliphatic rings. The molecule has 6 rings (SSSR count). The lowest BCUT2D eigenvalue weighted by Crippen LogP contribution is -2.59. The second kappa shape index (κ2) is 8.86. The predicted molar refractivity (Wildman–Crippen MR) is 116 cm³/mol. The van der Waals surface area contributed by atoms with Crippen LogP contribution in [0.5, 0.6) is 5.88 Å². The van der Waals surface area contributed by atoms with E-state index in [1.807, 2.05) is 0 Å². The number of fused-ring (bicyclic) bond motifs is 3. The summed E-state index contributed by atoms with van der Waals surface area (Å²) in [6, 6.07) is 5.22. The maximum Gasteiger partial charge on any atom is 0.417 e. The molecule has 3 aromatic rings. The number of aromatic nitrogens is 4. The molecule has 7 nitrogen and oxygen atoms in total. The van der Waals surface area contributed by atoms with Gasteiger partial charge in [-0.2, -0.15) is 13.2 Å². The van der Waals surface area contributed by atoms with Gasteiger partial charge in [-0.25, -0.2) is 24.3 Å². The van der Waals surface area contributed by atoms with Crippen LogP contribution in [0, 0.1) is 18.7 Å². The molecule has 1 unspecified atom stereocenters. The number of carbonyl (C=O) groups excluding carboxylic acids is 1. The molecule has 2 bridgehead atoms. The SMILES string of the molecule is Cc1ccc(C(=O)N2CC3CC[C@H]2[C@H](Oc2ccc(C(F)(F)F)cn2)C3)c(-c2ncc(F)cn2)n1. The number of pyridine rings is 2. The molecule has 11 heteroatoms. The van der Waals surface area contributed by atoms with Crippen molar-refractivity contribution in [3.05, 3.63) is 65.5 Å². The van der Waals surface area contributed by atoms with Gasteiger partial charge < -0.3 is 9.64 Å². The van der Waals surface area contributed by atoms with E-state index in [2.05, 4.69) is 19.9 Å². The number of halogens is 4. The molecule has 1 saturated carbocycles. The summed E-state index contributed by atoms with van der Waals surface area (Å²) in [6.45, 7) is 2.30. The third-order valence-corrected chi connectivity index (χ3v) is 6.41. The van der Waals surface area contributed by atoms with Crippen LogP contribution in [-0.4, -0.2) is 49.4 Å². The Morgan fingerprint density at radius 1 is 1.06 bits per heavy atom. The van der Waals surface area contributed by atoms with Crippen LogP contribution in [0.1, 0.15) is 40.9 Å². The summed E-state index contributed by atoms with van der Waals surface area (Å²) in [5.41, 5.74) is 0.355. The Labute approximate surface area is 198 Å². The van der Waals surface area contributed by atoms with Crippen LogP contribution in [0.3, 0.4) is 0 Å². The van der Waals surface area contributed by atoms with Crippen molar-refractivity contribution in [1.29, 1.82) is 0 Å². The molecule has 0 spiro atoms. The molecule has 0 aromatic carbocycles. The molecule has 3 aromatic heterocycles. The van der Waals surface area contributed by atoms with Crippen molar-refractivity contribution in [3.63, 3.8) is 0 Å². The lowest BCUT2D eigenvalue weighted by Gasteiger charge is -2.49. The molecule has 1 amide bonds. The third-order valence-electron chi connectivity index (χ3n) is 6.41. The molecule has 1 aliphatic carbocycles. The van der Waals surface area contributed by atoms with E-state index in [1.165, 1.54) is 6.07 Å². The number of hydrogen-bond acceptors (Lipinski definition) is 6. The molecule has 0 radical (unpaired) electrons. The van der Waals surface area contributed by atoms with E-state index in [4.69, 9.17) is 4.74 Å². The number of amides is 1. The second-order valence-electron chi connectivity index (χ2n) is 8.82. The van der Waals surface area contributed by atoms with Crippen molar-refractivity contribution < 1.29 is 27.1 Å². The summed E-state index contributed by atoms with van der Waals surface area (Å²) in [6.07, 6.45) is 0.197. The minimum atomic E-state index is -4.48. The zero-order valence-electron chi connectivity index (χ0n) is 18.7. The number of carbonyl (C=O) groups is 1. The van der Waals surface area contributed by atoms with Crippen LogP contribution in [0.4, 0.5) is 17.6 Å². The highest BCUT2D eigenvalue weighted by Crippen LogP contribution is 2.39. The highest BCUT2D eigenvalue weighted by molar-refractivity contribution is 5.99. The standard InChI is InChI=1S/C24H21F4N5O2/c1-13-2-5-17(21(32-13)22-30-10-16(25)11-31-22)23(34)33-12-14-3-6-18(33)19(8-14)35-20-7-4-15(9-29-20)24(26,27)28/h2,4-5,7,9-11,14,18-19H,3,6,8,12H2,1H3/t14?,18-,19+/m0/s1. The van der Waals surface area contributed by atoms with Gasteiger partial charge in [0.05, 0.1) is 29.6 Å². The molecule has 35 heavy (non-hydrogen) atoms. The smallest absolute Gasteiger partial charge is 0.417 e. The zero-order valence-corrected chi connectivity index (χ0v) is 18.7. The fourth-order valence-electron chi connectivity index (χ4n) is 4.75.